The van der Waals surface area contributed by atoms with E-state index in [9.17, 15) is 0 Å². The molecule has 2 rings (SSSR count). The Morgan fingerprint density at radius 2 is 2.24 bits per heavy atom. The van der Waals surface area contributed by atoms with Gasteiger partial charge in [-0.15, -0.1) is 0 Å². The molecule has 0 saturated heterocycles. The first kappa shape index (κ1) is 11.9. The zero-order valence-corrected chi connectivity index (χ0v) is 10.7. The maximum Gasteiger partial charge on any atom is 0.174 e. The van der Waals surface area contributed by atoms with E-state index in [1.165, 1.54) is 11.8 Å². The molecule has 0 aliphatic carbocycles. The van der Waals surface area contributed by atoms with E-state index in [1.54, 1.807) is 12.3 Å². The van der Waals surface area contributed by atoms with Crippen molar-refractivity contribution in [3.05, 3.63) is 24.3 Å². The third kappa shape index (κ3) is 2.97. The number of hydrogen-bond donors (Lipinski definition) is 1. The second-order valence-electron chi connectivity index (χ2n) is 3.72. The number of rotatable bonds is 4. The van der Waals surface area contributed by atoms with Gasteiger partial charge in [0.15, 0.2) is 5.16 Å². The van der Waals surface area contributed by atoms with E-state index in [0.717, 1.165) is 28.8 Å². The summed E-state index contributed by atoms with van der Waals surface area (Å²) < 4.78 is 1.95. The quantitative estimate of drug-likeness (QED) is 0.838. The number of anilines is 1. The first-order valence-corrected chi connectivity index (χ1v) is 6.29. The van der Waals surface area contributed by atoms with Gasteiger partial charge >= 0.3 is 0 Å². The molecule has 0 amide bonds. The zero-order valence-electron chi connectivity index (χ0n) is 9.92. The van der Waals surface area contributed by atoms with Gasteiger partial charge in [-0.25, -0.2) is 15.0 Å². The predicted molar refractivity (Wildman–Crippen MR) is 67.8 cm³/mol. The third-order valence-electron chi connectivity index (χ3n) is 2.22. The van der Waals surface area contributed by atoms with Crippen molar-refractivity contribution >= 4 is 17.6 Å². The molecule has 0 radical (unpaired) electrons. The first-order chi connectivity index (χ1) is 8.19. The minimum atomic E-state index is 0.514. The molecule has 2 aromatic rings. The topological polar surface area (TPSA) is 69.6 Å². The van der Waals surface area contributed by atoms with Crippen LogP contribution in [0.1, 0.15) is 19.2 Å². The molecular formula is C11H15N5S. The summed E-state index contributed by atoms with van der Waals surface area (Å²) in [4.78, 5) is 12.9. The van der Waals surface area contributed by atoms with Crippen LogP contribution in [0.2, 0.25) is 0 Å². The first-order valence-electron chi connectivity index (χ1n) is 5.47. The average molecular weight is 249 g/mol. The standard InChI is InChI=1S/C11H15N5S/c1-3-4-9-14-8(12)7-10(15-9)17-11-13-5-6-16(11)2/h5-7H,3-4H2,1-2H3,(H2,12,14,15). The van der Waals surface area contributed by atoms with Gasteiger partial charge in [0.25, 0.3) is 0 Å². The number of aromatic nitrogens is 4. The number of nitrogens with two attached hydrogens (primary N) is 1. The van der Waals surface area contributed by atoms with Crippen molar-refractivity contribution < 1.29 is 0 Å². The van der Waals surface area contributed by atoms with Crippen molar-refractivity contribution in [3.8, 4) is 0 Å². The van der Waals surface area contributed by atoms with Crippen LogP contribution in [0.15, 0.2) is 28.6 Å². The fourth-order valence-corrected chi connectivity index (χ4v) is 2.26. The Kier molecular flexibility index (Phi) is 3.63. The molecule has 0 aliphatic rings. The lowest BCUT2D eigenvalue weighted by molar-refractivity contribution is 0.782. The normalized spacial score (nSPS) is 10.7. The Labute approximate surface area is 104 Å². The number of nitrogen functional groups attached to an aromatic ring is 1. The molecule has 0 unspecified atom stereocenters. The summed E-state index contributed by atoms with van der Waals surface area (Å²) in [5.74, 6) is 1.31. The van der Waals surface area contributed by atoms with E-state index in [0.29, 0.717) is 5.82 Å². The second kappa shape index (κ2) is 5.18. The lowest BCUT2D eigenvalue weighted by Crippen LogP contribution is -2.01. The van der Waals surface area contributed by atoms with E-state index in [1.807, 2.05) is 17.8 Å². The molecule has 0 bridgehead atoms. The number of nitrogens with zero attached hydrogens (tertiary/aromatic N) is 4. The summed E-state index contributed by atoms with van der Waals surface area (Å²) in [5.41, 5.74) is 5.77. The minimum Gasteiger partial charge on any atom is -0.384 e. The highest BCUT2D eigenvalue weighted by molar-refractivity contribution is 7.99. The fraction of sp³-hybridized carbons (Fsp3) is 0.364. The minimum absolute atomic E-state index is 0.514. The van der Waals surface area contributed by atoms with E-state index in [4.69, 9.17) is 5.73 Å². The van der Waals surface area contributed by atoms with Crippen LogP contribution in [0.5, 0.6) is 0 Å². The van der Waals surface area contributed by atoms with Gasteiger partial charge in [-0.3, -0.25) is 0 Å². The van der Waals surface area contributed by atoms with Gasteiger partial charge in [0.05, 0.1) is 0 Å². The SMILES string of the molecule is CCCc1nc(N)cc(Sc2nccn2C)n1. The van der Waals surface area contributed by atoms with Gasteiger partial charge in [0.1, 0.15) is 16.7 Å². The largest absolute Gasteiger partial charge is 0.384 e. The van der Waals surface area contributed by atoms with Gasteiger partial charge < -0.3 is 10.3 Å². The molecule has 90 valence electrons. The van der Waals surface area contributed by atoms with Crippen LogP contribution < -0.4 is 5.73 Å². The Morgan fingerprint density at radius 1 is 1.41 bits per heavy atom. The summed E-state index contributed by atoms with van der Waals surface area (Å²) in [6, 6.07) is 1.78. The van der Waals surface area contributed by atoms with Crippen molar-refractivity contribution in [3.63, 3.8) is 0 Å². The maximum atomic E-state index is 5.77. The molecule has 0 spiro atoms. The zero-order chi connectivity index (χ0) is 12.3. The lowest BCUT2D eigenvalue weighted by atomic mass is 10.3. The van der Waals surface area contributed by atoms with Gasteiger partial charge in [-0.2, -0.15) is 0 Å². The summed E-state index contributed by atoms with van der Waals surface area (Å²) in [6.45, 7) is 2.10. The lowest BCUT2D eigenvalue weighted by Gasteiger charge is -2.04. The van der Waals surface area contributed by atoms with Crippen LogP contribution >= 0.6 is 11.8 Å². The third-order valence-corrected chi connectivity index (χ3v) is 3.21. The second-order valence-corrected chi connectivity index (χ2v) is 4.71. The summed E-state index contributed by atoms with van der Waals surface area (Å²) in [5, 5.41) is 1.74. The fourth-order valence-electron chi connectivity index (χ4n) is 1.42. The molecule has 2 heterocycles. The van der Waals surface area contributed by atoms with Gasteiger partial charge in [-0.1, -0.05) is 6.92 Å². The van der Waals surface area contributed by atoms with Crippen LogP contribution in [-0.4, -0.2) is 19.5 Å². The van der Waals surface area contributed by atoms with Crippen molar-refractivity contribution in [1.82, 2.24) is 19.5 Å². The molecule has 2 N–H and O–H groups in total. The molecule has 0 atom stereocenters. The molecule has 0 aromatic carbocycles. The Morgan fingerprint density at radius 3 is 2.88 bits per heavy atom. The Balaban J connectivity index is 2.23. The number of imidazole rings is 1. The molecule has 6 heteroatoms. The van der Waals surface area contributed by atoms with Crippen LogP contribution in [0.3, 0.4) is 0 Å². The summed E-state index contributed by atoms with van der Waals surface area (Å²) in [7, 11) is 1.95. The van der Waals surface area contributed by atoms with Crippen molar-refractivity contribution in [1.29, 1.82) is 0 Å². The van der Waals surface area contributed by atoms with Crippen LogP contribution in [-0.2, 0) is 13.5 Å². The summed E-state index contributed by atoms with van der Waals surface area (Å²) in [6.07, 6.45) is 5.52. The van der Waals surface area contributed by atoms with Crippen LogP contribution in [0.4, 0.5) is 5.82 Å². The number of hydrogen-bond acceptors (Lipinski definition) is 5. The Hall–Kier alpha value is -1.56. The molecular weight excluding hydrogens is 234 g/mol. The van der Waals surface area contributed by atoms with Crippen LogP contribution in [0.25, 0.3) is 0 Å². The molecule has 17 heavy (non-hydrogen) atoms. The smallest absolute Gasteiger partial charge is 0.174 e. The highest BCUT2D eigenvalue weighted by Gasteiger charge is 2.07. The van der Waals surface area contributed by atoms with Crippen molar-refractivity contribution in [2.24, 2.45) is 7.05 Å². The average Bonchev–Trinajstić information content (AvgIpc) is 2.64. The van der Waals surface area contributed by atoms with Crippen molar-refractivity contribution in [2.75, 3.05) is 5.73 Å². The molecule has 0 fully saturated rings. The van der Waals surface area contributed by atoms with Gasteiger partial charge in [0.2, 0.25) is 0 Å². The predicted octanol–water partition coefficient (Wildman–Crippen LogP) is 1.90. The van der Waals surface area contributed by atoms with E-state index >= 15 is 0 Å². The monoisotopic (exact) mass is 249 g/mol. The van der Waals surface area contributed by atoms with E-state index < -0.39 is 0 Å². The van der Waals surface area contributed by atoms with E-state index in [-0.39, 0.29) is 0 Å². The number of aryl methyl sites for hydroxylation is 2. The highest BCUT2D eigenvalue weighted by atomic mass is 32.2. The van der Waals surface area contributed by atoms with Crippen molar-refractivity contribution in [2.45, 2.75) is 29.9 Å². The van der Waals surface area contributed by atoms with E-state index in [2.05, 4.69) is 21.9 Å². The Bertz CT molecular complexity index is 508. The van der Waals surface area contributed by atoms with Crippen LogP contribution in [0, 0.1) is 0 Å². The summed E-state index contributed by atoms with van der Waals surface area (Å²) >= 11 is 1.50. The molecule has 0 aliphatic heterocycles. The highest BCUT2D eigenvalue weighted by Crippen LogP contribution is 2.25. The molecule has 5 nitrogen and oxygen atoms in total. The van der Waals surface area contributed by atoms with Gasteiger partial charge in [-0.05, 0) is 18.2 Å². The van der Waals surface area contributed by atoms with Gasteiger partial charge in [0, 0.05) is 31.9 Å². The maximum absolute atomic E-state index is 5.77. The molecule has 2 aromatic heterocycles. The molecule has 0 saturated carbocycles.